The van der Waals surface area contributed by atoms with E-state index in [1.807, 2.05) is 27.7 Å². The summed E-state index contributed by atoms with van der Waals surface area (Å²) in [5, 5.41) is 0. The first-order valence-corrected chi connectivity index (χ1v) is 7.54. The molecule has 0 heterocycles. The van der Waals surface area contributed by atoms with E-state index in [1.54, 1.807) is 18.2 Å². The molecule has 1 aromatic rings. The number of nitrogen functional groups attached to an aromatic ring is 1. The zero-order valence-electron chi connectivity index (χ0n) is 12.0. The highest BCUT2D eigenvalue weighted by molar-refractivity contribution is 7.89. The van der Waals surface area contributed by atoms with Gasteiger partial charge in [-0.25, -0.2) is 8.42 Å². The molecule has 0 spiro atoms. The highest BCUT2D eigenvalue weighted by Gasteiger charge is 2.33. The molecule has 106 valence electrons. The second-order valence-corrected chi connectivity index (χ2v) is 7.38. The maximum absolute atomic E-state index is 12.7. The third-order valence-corrected chi connectivity index (χ3v) is 5.01. The Hall–Kier alpha value is -1.33. The summed E-state index contributed by atoms with van der Waals surface area (Å²) >= 11 is 0. The summed E-state index contributed by atoms with van der Waals surface area (Å²) in [7, 11) is -3.58. The van der Waals surface area contributed by atoms with Gasteiger partial charge in [-0.2, -0.15) is 4.31 Å². The van der Waals surface area contributed by atoms with Crippen molar-refractivity contribution in [3.63, 3.8) is 0 Å². The van der Waals surface area contributed by atoms with Crippen LogP contribution in [0.2, 0.25) is 0 Å². The molecule has 0 aliphatic heterocycles. The van der Waals surface area contributed by atoms with Gasteiger partial charge in [0.25, 0.3) is 0 Å². The normalized spacial score (nSPS) is 12.7. The summed E-state index contributed by atoms with van der Waals surface area (Å²) in [6, 6.07) is 4.81. The number of nitrogens with zero attached hydrogens (tertiary/aromatic N) is 1. The van der Waals surface area contributed by atoms with Crippen molar-refractivity contribution in [1.29, 1.82) is 0 Å². The Bertz CT molecular complexity index is 572. The van der Waals surface area contributed by atoms with Crippen LogP contribution < -0.4 is 5.73 Å². The molecule has 0 amide bonds. The van der Waals surface area contributed by atoms with Crippen LogP contribution in [0.5, 0.6) is 0 Å². The van der Waals surface area contributed by atoms with Crippen LogP contribution in [0.15, 0.2) is 35.7 Å². The van der Waals surface area contributed by atoms with Gasteiger partial charge in [0.2, 0.25) is 10.0 Å². The second-order valence-electron chi connectivity index (χ2n) is 5.51. The number of hydrogen-bond donors (Lipinski definition) is 1. The van der Waals surface area contributed by atoms with Gasteiger partial charge in [0.05, 0.1) is 4.90 Å². The summed E-state index contributed by atoms with van der Waals surface area (Å²) in [5.41, 5.74) is 6.62. The molecular formula is C14H22N2O2S. The molecule has 0 radical (unpaired) electrons. The number of nitrogens with two attached hydrogens (primary N) is 1. The van der Waals surface area contributed by atoms with Crippen LogP contribution in [-0.2, 0) is 10.0 Å². The third kappa shape index (κ3) is 3.36. The average molecular weight is 282 g/mol. The second kappa shape index (κ2) is 5.35. The van der Waals surface area contributed by atoms with Crippen LogP contribution in [0.1, 0.15) is 26.3 Å². The first-order chi connectivity index (χ1) is 8.60. The van der Waals surface area contributed by atoms with Gasteiger partial charge in [0.15, 0.2) is 0 Å². The molecular weight excluding hydrogens is 260 g/mol. The van der Waals surface area contributed by atoms with E-state index in [9.17, 15) is 8.42 Å². The van der Waals surface area contributed by atoms with Gasteiger partial charge in [0.1, 0.15) is 0 Å². The van der Waals surface area contributed by atoms with Crippen LogP contribution in [0.4, 0.5) is 5.69 Å². The van der Waals surface area contributed by atoms with Crippen LogP contribution in [0.3, 0.4) is 0 Å². The van der Waals surface area contributed by atoms with E-state index in [1.165, 1.54) is 10.4 Å². The number of hydrogen-bond acceptors (Lipinski definition) is 3. The quantitative estimate of drug-likeness (QED) is 0.682. The maximum atomic E-state index is 12.7. The van der Waals surface area contributed by atoms with Crippen molar-refractivity contribution >= 4 is 15.7 Å². The van der Waals surface area contributed by atoms with Crippen LogP contribution in [0, 0.1) is 6.92 Å². The van der Waals surface area contributed by atoms with E-state index in [0.717, 1.165) is 5.56 Å². The smallest absolute Gasteiger partial charge is 0.243 e. The van der Waals surface area contributed by atoms with Gasteiger partial charge >= 0.3 is 0 Å². The fraction of sp³-hybridized carbons (Fsp3) is 0.429. The molecule has 0 aliphatic rings. The molecule has 0 aliphatic carbocycles. The number of rotatable bonds is 4. The summed E-state index contributed by atoms with van der Waals surface area (Å²) in [6.07, 6.45) is 1.58. The maximum Gasteiger partial charge on any atom is 0.243 e. The first kappa shape index (κ1) is 15.7. The minimum Gasteiger partial charge on any atom is -0.398 e. The predicted molar refractivity (Wildman–Crippen MR) is 79.4 cm³/mol. The molecule has 1 rings (SSSR count). The molecule has 0 aromatic heterocycles. The average Bonchev–Trinajstić information content (AvgIpc) is 2.27. The Kier molecular flexibility index (Phi) is 4.43. The summed E-state index contributed by atoms with van der Waals surface area (Å²) in [5.74, 6) is 0. The van der Waals surface area contributed by atoms with E-state index in [-0.39, 0.29) is 11.4 Å². The first-order valence-electron chi connectivity index (χ1n) is 6.10. The molecule has 0 atom stereocenters. The van der Waals surface area contributed by atoms with Gasteiger partial charge in [-0.3, -0.25) is 0 Å². The van der Waals surface area contributed by atoms with E-state index < -0.39 is 15.6 Å². The van der Waals surface area contributed by atoms with Crippen molar-refractivity contribution in [3.05, 3.63) is 36.4 Å². The van der Waals surface area contributed by atoms with E-state index in [0.29, 0.717) is 5.69 Å². The molecule has 2 N–H and O–H groups in total. The summed E-state index contributed by atoms with van der Waals surface area (Å²) < 4.78 is 26.7. The van der Waals surface area contributed by atoms with Gasteiger partial charge in [-0.05, 0) is 45.4 Å². The zero-order chi connectivity index (χ0) is 14.8. The van der Waals surface area contributed by atoms with Crippen molar-refractivity contribution in [2.45, 2.75) is 38.1 Å². The molecule has 0 fully saturated rings. The highest BCUT2D eigenvalue weighted by Crippen LogP contribution is 2.26. The molecule has 0 saturated heterocycles. The van der Waals surface area contributed by atoms with E-state index in [4.69, 9.17) is 5.73 Å². The molecule has 0 saturated carbocycles. The minimum atomic E-state index is -3.58. The number of benzene rings is 1. The van der Waals surface area contributed by atoms with Gasteiger partial charge in [0, 0.05) is 17.8 Å². The Morgan fingerprint density at radius 1 is 1.37 bits per heavy atom. The summed E-state index contributed by atoms with van der Waals surface area (Å²) in [6.45, 7) is 11.3. The lowest BCUT2D eigenvalue weighted by Crippen LogP contribution is -2.45. The lowest BCUT2D eigenvalue weighted by atomic mass is 10.1. The van der Waals surface area contributed by atoms with Crippen LogP contribution >= 0.6 is 0 Å². The van der Waals surface area contributed by atoms with Crippen LogP contribution in [0.25, 0.3) is 0 Å². The Labute approximate surface area is 116 Å². The predicted octanol–water partition coefficient (Wildman–Crippen LogP) is 2.55. The standard InChI is InChI=1S/C14H22N2O2S/c1-6-9-16(14(3,4)5)19(17,18)12-8-7-11(2)13(15)10-12/h6-8,10H,1,9,15H2,2-5H3. The molecule has 4 nitrogen and oxygen atoms in total. The topological polar surface area (TPSA) is 63.4 Å². The molecule has 0 unspecified atom stereocenters. The third-order valence-electron chi connectivity index (χ3n) is 2.88. The monoisotopic (exact) mass is 282 g/mol. The minimum absolute atomic E-state index is 0.215. The van der Waals surface area contributed by atoms with E-state index >= 15 is 0 Å². The van der Waals surface area contributed by atoms with Crippen molar-refractivity contribution < 1.29 is 8.42 Å². The fourth-order valence-corrected chi connectivity index (χ4v) is 3.55. The summed E-state index contributed by atoms with van der Waals surface area (Å²) in [4.78, 5) is 0.215. The molecule has 5 heteroatoms. The van der Waals surface area contributed by atoms with E-state index in [2.05, 4.69) is 6.58 Å². The lowest BCUT2D eigenvalue weighted by Gasteiger charge is -2.33. The highest BCUT2D eigenvalue weighted by atomic mass is 32.2. The lowest BCUT2D eigenvalue weighted by molar-refractivity contribution is 0.270. The van der Waals surface area contributed by atoms with Gasteiger partial charge in [-0.1, -0.05) is 12.1 Å². The van der Waals surface area contributed by atoms with Gasteiger partial charge in [-0.15, -0.1) is 6.58 Å². The van der Waals surface area contributed by atoms with Gasteiger partial charge < -0.3 is 5.73 Å². The molecule has 1 aromatic carbocycles. The number of anilines is 1. The van der Waals surface area contributed by atoms with Crippen molar-refractivity contribution in [1.82, 2.24) is 4.31 Å². The fourth-order valence-electron chi connectivity index (χ4n) is 1.76. The number of sulfonamides is 1. The van der Waals surface area contributed by atoms with Crippen molar-refractivity contribution in [2.75, 3.05) is 12.3 Å². The van der Waals surface area contributed by atoms with Crippen molar-refractivity contribution in [3.8, 4) is 0 Å². The van der Waals surface area contributed by atoms with Crippen molar-refractivity contribution in [2.24, 2.45) is 0 Å². The Balaban J connectivity index is 3.34. The number of aryl methyl sites for hydroxylation is 1. The Morgan fingerprint density at radius 3 is 2.37 bits per heavy atom. The molecule has 0 bridgehead atoms. The zero-order valence-corrected chi connectivity index (χ0v) is 12.8. The molecule has 19 heavy (non-hydrogen) atoms. The largest absolute Gasteiger partial charge is 0.398 e. The van der Waals surface area contributed by atoms with Crippen LogP contribution in [-0.4, -0.2) is 24.8 Å². The SMILES string of the molecule is C=CCN(C(C)(C)C)S(=O)(=O)c1ccc(C)c(N)c1. The Morgan fingerprint density at radius 2 is 1.95 bits per heavy atom.